The van der Waals surface area contributed by atoms with E-state index in [1.165, 1.54) is 36.3 Å². The lowest BCUT2D eigenvalue weighted by atomic mass is 9.67. The molecule has 2 aliphatic carbocycles. The van der Waals surface area contributed by atoms with E-state index < -0.39 is 0 Å². The molecule has 1 heterocycles. The number of carbonyl (C=O) groups is 1. The standard InChI is InChI=1S/C20H27NOS2/c1-13-6-7-18(14(2)10-13)21-19(22)15-11-16-4-3-5-17(12-15)20(16)23-8-9-24-20/h6-7,10,15-17H,3-5,8-9,11-12H2,1-2H3,(H,21,22)/t16-,17-/m1/s1. The molecule has 0 aromatic heterocycles. The SMILES string of the molecule is Cc1ccc(NC(=O)C2C[C@H]3CCC[C@H](C2)C32SCCS2)c(C)c1. The summed E-state index contributed by atoms with van der Waals surface area (Å²) >= 11 is 4.42. The lowest BCUT2D eigenvalue weighted by molar-refractivity contribution is -0.122. The third-order valence-electron chi connectivity index (χ3n) is 6.13. The Kier molecular flexibility index (Phi) is 4.63. The number of carbonyl (C=O) groups excluding carboxylic acids is 1. The molecular formula is C20H27NOS2. The zero-order valence-corrected chi connectivity index (χ0v) is 16.3. The molecule has 1 saturated heterocycles. The van der Waals surface area contributed by atoms with E-state index in [2.05, 4.69) is 60.9 Å². The number of anilines is 1. The largest absolute Gasteiger partial charge is 0.326 e. The van der Waals surface area contributed by atoms with Crippen molar-refractivity contribution < 1.29 is 4.79 Å². The highest BCUT2D eigenvalue weighted by atomic mass is 32.2. The average molecular weight is 362 g/mol. The van der Waals surface area contributed by atoms with Gasteiger partial charge >= 0.3 is 0 Å². The summed E-state index contributed by atoms with van der Waals surface area (Å²) in [5, 5.41) is 3.22. The molecule has 1 spiro atoms. The van der Waals surface area contributed by atoms with Crippen LogP contribution in [0.2, 0.25) is 0 Å². The van der Waals surface area contributed by atoms with Crippen molar-refractivity contribution in [2.75, 3.05) is 16.8 Å². The van der Waals surface area contributed by atoms with Crippen LogP contribution in [0.1, 0.15) is 43.2 Å². The lowest BCUT2D eigenvalue weighted by Gasteiger charge is -2.52. The molecule has 24 heavy (non-hydrogen) atoms. The summed E-state index contributed by atoms with van der Waals surface area (Å²) < 4.78 is 0.453. The van der Waals surface area contributed by atoms with Crippen LogP contribution in [0.4, 0.5) is 5.69 Å². The summed E-state index contributed by atoms with van der Waals surface area (Å²) in [5.41, 5.74) is 3.40. The molecule has 2 bridgehead atoms. The van der Waals surface area contributed by atoms with Gasteiger partial charge < -0.3 is 5.32 Å². The van der Waals surface area contributed by atoms with Crippen molar-refractivity contribution in [1.82, 2.24) is 0 Å². The maximum atomic E-state index is 12.9. The summed E-state index contributed by atoms with van der Waals surface area (Å²) in [6, 6.07) is 6.28. The molecular weight excluding hydrogens is 334 g/mol. The number of benzene rings is 1. The van der Waals surface area contributed by atoms with E-state index >= 15 is 0 Å². The molecule has 3 fully saturated rings. The molecule has 0 unspecified atom stereocenters. The van der Waals surface area contributed by atoms with Crippen molar-refractivity contribution in [2.24, 2.45) is 17.8 Å². The van der Waals surface area contributed by atoms with Crippen molar-refractivity contribution in [2.45, 2.75) is 50.0 Å². The Hall–Kier alpha value is -0.610. The molecule has 1 N–H and O–H groups in total. The molecule has 4 heteroatoms. The van der Waals surface area contributed by atoms with Gasteiger partial charge in [0, 0.05) is 23.1 Å². The van der Waals surface area contributed by atoms with Crippen LogP contribution in [-0.2, 0) is 4.79 Å². The second-order valence-corrected chi connectivity index (χ2v) is 10.7. The first-order valence-electron chi connectivity index (χ1n) is 9.24. The van der Waals surface area contributed by atoms with Crippen LogP contribution < -0.4 is 5.32 Å². The van der Waals surface area contributed by atoms with Crippen LogP contribution in [0.3, 0.4) is 0 Å². The lowest BCUT2D eigenvalue weighted by Crippen LogP contribution is -2.48. The van der Waals surface area contributed by atoms with Gasteiger partial charge in [-0.3, -0.25) is 4.79 Å². The Labute approximate surface area is 153 Å². The van der Waals surface area contributed by atoms with Gasteiger partial charge in [0.1, 0.15) is 0 Å². The zero-order valence-electron chi connectivity index (χ0n) is 14.6. The minimum absolute atomic E-state index is 0.202. The van der Waals surface area contributed by atoms with E-state index in [0.29, 0.717) is 4.08 Å². The fraction of sp³-hybridized carbons (Fsp3) is 0.650. The van der Waals surface area contributed by atoms with E-state index in [-0.39, 0.29) is 11.8 Å². The van der Waals surface area contributed by atoms with E-state index in [1.807, 2.05) is 0 Å². The van der Waals surface area contributed by atoms with E-state index in [0.717, 1.165) is 35.9 Å². The maximum absolute atomic E-state index is 12.9. The summed E-state index contributed by atoms with van der Waals surface area (Å²) in [6.07, 6.45) is 6.19. The highest BCUT2D eigenvalue weighted by molar-refractivity contribution is 8.21. The van der Waals surface area contributed by atoms with Crippen LogP contribution in [0.5, 0.6) is 0 Å². The molecule has 0 radical (unpaired) electrons. The predicted octanol–water partition coefficient (Wildman–Crippen LogP) is 5.24. The third-order valence-corrected chi connectivity index (χ3v) is 10.1. The van der Waals surface area contributed by atoms with Gasteiger partial charge in [-0.15, -0.1) is 23.5 Å². The number of hydrogen-bond acceptors (Lipinski definition) is 3. The van der Waals surface area contributed by atoms with Gasteiger partial charge in [-0.2, -0.15) is 0 Å². The Bertz CT molecular complexity index is 623. The molecule has 1 aromatic carbocycles. The van der Waals surface area contributed by atoms with Crippen molar-refractivity contribution in [3.63, 3.8) is 0 Å². The highest BCUT2D eigenvalue weighted by Gasteiger charge is 2.55. The Morgan fingerprint density at radius 2 is 1.79 bits per heavy atom. The van der Waals surface area contributed by atoms with Crippen molar-refractivity contribution in [3.05, 3.63) is 29.3 Å². The molecule has 4 rings (SSSR count). The first kappa shape index (κ1) is 16.8. The van der Waals surface area contributed by atoms with E-state index in [1.54, 1.807) is 0 Å². The third kappa shape index (κ3) is 2.90. The van der Waals surface area contributed by atoms with Gasteiger partial charge in [-0.1, -0.05) is 24.1 Å². The molecule has 3 aliphatic rings. The van der Waals surface area contributed by atoms with Crippen molar-refractivity contribution in [1.29, 1.82) is 0 Å². The smallest absolute Gasteiger partial charge is 0.227 e. The summed E-state index contributed by atoms with van der Waals surface area (Å²) in [4.78, 5) is 12.9. The van der Waals surface area contributed by atoms with Crippen molar-refractivity contribution >= 4 is 35.1 Å². The van der Waals surface area contributed by atoms with Crippen LogP contribution in [0.15, 0.2) is 18.2 Å². The Morgan fingerprint density at radius 3 is 2.42 bits per heavy atom. The fourth-order valence-corrected chi connectivity index (χ4v) is 8.95. The van der Waals surface area contributed by atoms with Gasteiger partial charge in [0.05, 0.1) is 4.08 Å². The van der Waals surface area contributed by atoms with E-state index in [9.17, 15) is 4.79 Å². The second-order valence-electron chi connectivity index (χ2n) is 7.72. The quantitative estimate of drug-likeness (QED) is 0.780. The number of thioether (sulfide) groups is 2. The molecule has 130 valence electrons. The normalized spacial score (nSPS) is 31.2. The number of hydrogen-bond donors (Lipinski definition) is 1. The number of rotatable bonds is 2. The molecule has 2 saturated carbocycles. The first-order valence-corrected chi connectivity index (χ1v) is 11.2. The average Bonchev–Trinajstić information content (AvgIpc) is 2.99. The molecule has 1 aromatic rings. The van der Waals surface area contributed by atoms with Gasteiger partial charge in [-0.05, 0) is 63.0 Å². The minimum atomic E-state index is 0.202. The van der Waals surface area contributed by atoms with Gasteiger partial charge in [-0.25, -0.2) is 0 Å². The van der Waals surface area contributed by atoms with Gasteiger partial charge in [0.15, 0.2) is 0 Å². The first-order chi connectivity index (χ1) is 11.6. The van der Waals surface area contributed by atoms with Crippen LogP contribution in [0.25, 0.3) is 0 Å². The maximum Gasteiger partial charge on any atom is 0.227 e. The molecule has 1 aliphatic heterocycles. The number of aryl methyl sites for hydroxylation is 2. The molecule has 1 amide bonds. The monoisotopic (exact) mass is 361 g/mol. The summed E-state index contributed by atoms with van der Waals surface area (Å²) in [7, 11) is 0. The van der Waals surface area contributed by atoms with Crippen molar-refractivity contribution in [3.8, 4) is 0 Å². The molecule has 2 atom stereocenters. The van der Waals surface area contributed by atoms with Crippen LogP contribution in [-0.4, -0.2) is 21.5 Å². The number of amides is 1. The van der Waals surface area contributed by atoms with Gasteiger partial charge in [0.25, 0.3) is 0 Å². The van der Waals surface area contributed by atoms with Crippen LogP contribution in [0, 0.1) is 31.6 Å². The summed E-state index contributed by atoms with van der Waals surface area (Å²) in [6.45, 7) is 4.18. The predicted molar refractivity (Wildman–Crippen MR) is 106 cm³/mol. The van der Waals surface area contributed by atoms with Gasteiger partial charge in [0.2, 0.25) is 5.91 Å². The fourth-order valence-electron chi connectivity index (χ4n) is 5.01. The topological polar surface area (TPSA) is 29.1 Å². The minimum Gasteiger partial charge on any atom is -0.326 e. The number of nitrogens with one attached hydrogen (secondary N) is 1. The second kappa shape index (κ2) is 6.60. The zero-order chi connectivity index (χ0) is 16.7. The van der Waals surface area contributed by atoms with E-state index in [4.69, 9.17) is 0 Å². The summed E-state index contributed by atoms with van der Waals surface area (Å²) in [5.74, 6) is 4.53. The Balaban J connectivity index is 1.48. The highest BCUT2D eigenvalue weighted by Crippen LogP contribution is 2.64. The molecule has 2 nitrogen and oxygen atoms in total. The van der Waals surface area contributed by atoms with Crippen LogP contribution >= 0.6 is 23.5 Å². The Morgan fingerprint density at radius 1 is 1.12 bits per heavy atom.